The van der Waals surface area contributed by atoms with Crippen LogP contribution in [0.1, 0.15) is 5.56 Å². The van der Waals surface area contributed by atoms with Crippen molar-refractivity contribution in [3.05, 3.63) is 29.8 Å². The molecule has 3 rings (SSSR count). The number of benzene rings is 1. The Kier molecular flexibility index (Phi) is 4.05. The molecule has 2 saturated heterocycles. The van der Waals surface area contributed by atoms with E-state index in [0.29, 0.717) is 4.90 Å². The van der Waals surface area contributed by atoms with E-state index in [4.69, 9.17) is 0 Å². The average Bonchev–Trinajstić information content (AvgIpc) is 2.99. The van der Waals surface area contributed by atoms with E-state index in [1.54, 1.807) is 20.2 Å². The first-order valence-corrected chi connectivity index (χ1v) is 8.85. The lowest BCUT2D eigenvalue weighted by atomic mass is 10.0. The summed E-state index contributed by atoms with van der Waals surface area (Å²) < 4.78 is 25.6. The smallest absolute Gasteiger partial charge is 0.242 e. The summed E-state index contributed by atoms with van der Waals surface area (Å²) in [7, 11) is -0.211. The number of sulfonamides is 1. The summed E-state index contributed by atoms with van der Waals surface area (Å²) in [6.07, 6.45) is 0. The third-order valence-electron chi connectivity index (χ3n) is 4.55. The van der Waals surface area contributed by atoms with Gasteiger partial charge in [0.2, 0.25) is 10.0 Å². The van der Waals surface area contributed by atoms with Crippen molar-refractivity contribution in [2.24, 2.45) is 11.8 Å². The van der Waals surface area contributed by atoms with Gasteiger partial charge in [0.1, 0.15) is 0 Å². The van der Waals surface area contributed by atoms with Crippen LogP contribution in [-0.2, 0) is 16.6 Å². The van der Waals surface area contributed by atoms with Crippen molar-refractivity contribution < 1.29 is 8.42 Å². The van der Waals surface area contributed by atoms with Gasteiger partial charge in [0, 0.05) is 33.7 Å². The fourth-order valence-electron chi connectivity index (χ4n) is 3.35. The molecular formula is C15H23N3O2S. The van der Waals surface area contributed by atoms with Gasteiger partial charge in [-0.2, -0.15) is 0 Å². The van der Waals surface area contributed by atoms with Gasteiger partial charge in [-0.25, -0.2) is 12.7 Å². The lowest BCUT2D eigenvalue weighted by Gasteiger charge is -2.18. The summed E-state index contributed by atoms with van der Waals surface area (Å²) in [5, 5.41) is 3.44. The predicted octanol–water partition coefficient (Wildman–Crippen LogP) is 0.588. The Labute approximate surface area is 127 Å². The molecule has 0 spiro atoms. The van der Waals surface area contributed by atoms with E-state index in [1.165, 1.54) is 4.31 Å². The minimum Gasteiger partial charge on any atom is -0.316 e. The summed E-state index contributed by atoms with van der Waals surface area (Å²) in [5.41, 5.74) is 1.07. The molecule has 2 unspecified atom stereocenters. The normalized spacial score (nSPS) is 26.4. The van der Waals surface area contributed by atoms with Gasteiger partial charge < -0.3 is 5.32 Å². The van der Waals surface area contributed by atoms with Gasteiger partial charge in [-0.3, -0.25) is 4.90 Å². The van der Waals surface area contributed by atoms with Crippen molar-refractivity contribution in [3.63, 3.8) is 0 Å². The molecule has 0 radical (unpaired) electrons. The molecule has 21 heavy (non-hydrogen) atoms. The van der Waals surface area contributed by atoms with E-state index in [-0.39, 0.29) is 0 Å². The lowest BCUT2D eigenvalue weighted by molar-refractivity contribution is 0.305. The van der Waals surface area contributed by atoms with Gasteiger partial charge in [-0.15, -0.1) is 0 Å². The van der Waals surface area contributed by atoms with Crippen LogP contribution < -0.4 is 5.32 Å². The van der Waals surface area contributed by atoms with E-state index in [0.717, 1.165) is 50.1 Å². The Bertz CT molecular complexity index is 603. The third kappa shape index (κ3) is 2.99. The van der Waals surface area contributed by atoms with Crippen LogP contribution in [0.15, 0.2) is 29.2 Å². The first-order chi connectivity index (χ1) is 9.96. The van der Waals surface area contributed by atoms with Crippen LogP contribution in [0.5, 0.6) is 0 Å². The Morgan fingerprint density at radius 1 is 1.24 bits per heavy atom. The zero-order chi connectivity index (χ0) is 15.0. The summed E-state index contributed by atoms with van der Waals surface area (Å²) >= 11 is 0. The minimum atomic E-state index is -3.34. The summed E-state index contributed by atoms with van der Waals surface area (Å²) in [6.45, 7) is 5.31. The predicted molar refractivity (Wildman–Crippen MR) is 82.4 cm³/mol. The second-order valence-electron chi connectivity index (χ2n) is 6.31. The van der Waals surface area contributed by atoms with Crippen molar-refractivity contribution in [1.82, 2.24) is 14.5 Å². The number of nitrogens with zero attached hydrogens (tertiary/aromatic N) is 2. The standard InChI is InChI=1S/C15H23N3O2S/c1-17(2)21(19,20)15-5-3-4-12(6-15)9-18-10-13-7-16-8-14(13)11-18/h3-6,13-14,16H,7-11H2,1-2H3. The molecule has 5 nitrogen and oxygen atoms in total. The molecular weight excluding hydrogens is 286 g/mol. The average molecular weight is 309 g/mol. The summed E-state index contributed by atoms with van der Waals surface area (Å²) in [5.74, 6) is 1.53. The van der Waals surface area contributed by atoms with Crippen molar-refractivity contribution in [3.8, 4) is 0 Å². The van der Waals surface area contributed by atoms with E-state index in [9.17, 15) is 8.42 Å². The fourth-order valence-corrected chi connectivity index (χ4v) is 4.33. The Balaban J connectivity index is 1.72. The number of nitrogens with one attached hydrogen (secondary N) is 1. The number of hydrogen-bond acceptors (Lipinski definition) is 4. The molecule has 116 valence electrons. The van der Waals surface area contributed by atoms with Crippen molar-refractivity contribution in [1.29, 1.82) is 0 Å². The lowest BCUT2D eigenvalue weighted by Crippen LogP contribution is -2.26. The largest absolute Gasteiger partial charge is 0.316 e. The molecule has 2 heterocycles. The van der Waals surface area contributed by atoms with Gasteiger partial charge in [-0.05, 0) is 42.6 Å². The van der Waals surface area contributed by atoms with Crippen LogP contribution in [-0.4, -0.2) is 57.9 Å². The number of likely N-dealkylation sites (tertiary alicyclic amines) is 1. The van der Waals surface area contributed by atoms with Crippen LogP contribution in [0.2, 0.25) is 0 Å². The second kappa shape index (κ2) is 5.68. The quantitative estimate of drug-likeness (QED) is 0.884. The molecule has 2 aliphatic rings. The zero-order valence-corrected chi connectivity index (χ0v) is 13.4. The Morgan fingerprint density at radius 3 is 2.52 bits per heavy atom. The number of fused-ring (bicyclic) bond motifs is 1. The molecule has 0 aliphatic carbocycles. The van der Waals surface area contributed by atoms with E-state index >= 15 is 0 Å². The second-order valence-corrected chi connectivity index (χ2v) is 8.46. The Hall–Kier alpha value is -0.950. The number of rotatable bonds is 4. The van der Waals surface area contributed by atoms with Crippen molar-refractivity contribution in [2.45, 2.75) is 11.4 Å². The number of hydrogen-bond donors (Lipinski definition) is 1. The van der Waals surface area contributed by atoms with Gasteiger partial charge in [0.05, 0.1) is 4.90 Å². The van der Waals surface area contributed by atoms with Gasteiger partial charge >= 0.3 is 0 Å². The Morgan fingerprint density at radius 2 is 1.90 bits per heavy atom. The summed E-state index contributed by atoms with van der Waals surface area (Å²) in [4.78, 5) is 2.82. The molecule has 6 heteroatoms. The molecule has 1 aromatic rings. The molecule has 2 aliphatic heterocycles. The molecule has 0 amide bonds. The van der Waals surface area contributed by atoms with Crippen molar-refractivity contribution in [2.75, 3.05) is 40.3 Å². The SMILES string of the molecule is CN(C)S(=O)(=O)c1cccc(CN2CC3CNCC3C2)c1. The topological polar surface area (TPSA) is 52.7 Å². The van der Waals surface area contributed by atoms with E-state index in [1.807, 2.05) is 18.2 Å². The highest BCUT2D eigenvalue weighted by atomic mass is 32.2. The third-order valence-corrected chi connectivity index (χ3v) is 6.36. The molecule has 1 aromatic carbocycles. The maximum absolute atomic E-state index is 12.2. The minimum absolute atomic E-state index is 0.381. The van der Waals surface area contributed by atoms with Crippen LogP contribution in [0.3, 0.4) is 0 Å². The van der Waals surface area contributed by atoms with Crippen LogP contribution in [0.4, 0.5) is 0 Å². The highest BCUT2D eigenvalue weighted by Crippen LogP contribution is 2.27. The van der Waals surface area contributed by atoms with E-state index in [2.05, 4.69) is 10.2 Å². The monoisotopic (exact) mass is 309 g/mol. The maximum atomic E-state index is 12.2. The molecule has 1 N–H and O–H groups in total. The first kappa shape index (κ1) is 15.0. The van der Waals surface area contributed by atoms with Gasteiger partial charge in [-0.1, -0.05) is 12.1 Å². The molecule has 0 aromatic heterocycles. The highest BCUT2D eigenvalue weighted by Gasteiger charge is 2.35. The van der Waals surface area contributed by atoms with Crippen LogP contribution in [0.25, 0.3) is 0 Å². The molecule has 0 bridgehead atoms. The molecule has 2 atom stereocenters. The first-order valence-electron chi connectivity index (χ1n) is 7.41. The van der Waals surface area contributed by atoms with Crippen LogP contribution >= 0.6 is 0 Å². The highest BCUT2D eigenvalue weighted by molar-refractivity contribution is 7.89. The molecule has 2 fully saturated rings. The van der Waals surface area contributed by atoms with Crippen molar-refractivity contribution >= 4 is 10.0 Å². The zero-order valence-electron chi connectivity index (χ0n) is 12.6. The van der Waals surface area contributed by atoms with Crippen LogP contribution in [0, 0.1) is 11.8 Å². The fraction of sp³-hybridized carbons (Fsp3) is 0.600. The maximum Gasteiger partial charge on any atom is 0.242 e. The van der Waals surface area contributed by atoms with Gasteiger partial charge in [0.15, 0.2) is 0 Å². The summed E-state index contributed by atoms with van der Waals surface area (Å²) in [6, 6.07) is 7.33. The van der Waals surface area contributed by atoms with E-state index < -0.39 is 10.0 Å². The van der Waals surface area contributed by atoms with Gasteiger partial charge in [0.25, 0.3) is 0 Å². The molecule has 0 saturated carbocycles.